The van der Waals surface area contributed by atoms with E-state index in [1.807, 2.05) is 0 Å². The van der Waals surface area contributed by atoms with Crippen molar-refractivity contribution in [2.45, 2.75) is 44.0 Å². The number of nitro groups is 1. The molecule has 2 rings (SSSR count). The van der Waals surface area contributed by atoms with Crippen molar-refractivity contribution in [2.75, 3.05) is 20.0 Å². The van der Waals surface area contributed by atoms with Gasteiger partial charge in [0.15, 0.2) is 21.3 Å². The maximum atomic E-state index is 12.7. The predicted octanol–water partition coefficient (Wildman–Crippen LogP) is 4.07. The number of hydrogen-bond acceptors (Lipinski definition) is 7. The summed E-state index contributed by atoms with van der Waals surface area (Å²) in [5, 5.41) is 13.9. The zero-order valence-corrected chi connectivity index (χ0v) is 19.4. The molecule has 32 heavy (non-hydrogen) atoms. The maximum absolute atomic E-state index is 12.7. The number of amides is 1. The number of sulfone groups is 1. The van der Waals surface area contributed by atoms with Crippen molar-refractivity contribution in [3.05, 3.63) is 57.6 Å². The summed E-state index contributed by atoms with van der Waals surface area (Å²) in [7, 11) is -2.21. The van der Waals surface area contributed by atoms with Gasteiger partial charge in [-0.05, 0) is 37.1 Å². The molecule has 0 saturated carbocycles. The largest absolute Gasteiger partial charge is 0.493 e. The predicted molar refractivity (Wildman–Crippen MR) is 120 cm³/mol. The van der Waals surface area contributed by atoms with Crippen LogP contribution in [0.15, 0.2) is 41.3 Å². The van der Waals surface area contributed by atoms with Crippen molar-refractivity contribution in [1.82, 2.24) is 5.32 Å². The van der Waals surface area contributed by atoms with Crippen LogP contribution in [0.5, 0.6) is 11.5 Å². The van der Waals surface area contributed by atoms with E-state index in [1.54, 1.807) is 25.1 Å². The van der Waals surface area contributed by atoms with E-state index in [2.05, 4.69) is 12.2 Å². The number of unbranched alkanes of at least 4 members (excludes halogenated alkanes) is 2. The first-order valence-corrected chi connectivity index (χ1v) is 12.1. The highest BCUT2D eigenvalue weighted by molar-refractivity contribution is 7.90. The number of rotatable bonds is 11. The van der Waals surface area contributed by atoms with E-state index in [-0.39, 0.29) is 10.5 Å². The highest BCUT2D eigenvalue weighted by Crippen LogP contribution is 2.31. The zero-order valence-electron chi connectivity index (χ0n) is 18.6. The molecule has 0 aromatic heterocycles. The van der Waals surface area contributed by atoms with Gasteiger partial charge in [0.25, 0.3) is 11.6 Å². The van der Waals surface area contributed by atoms with E-state index < -0.39 is 32.4 Å². The van der Waals surface area contributed by atoms with E-state index in [9.17, 15) is 23.3 Å². The van der Waals surface area contributed by atoms with Crippen LogP contribution in [0, 0.1) is 10.1 Å². The summed E-state index contributed by atoms with van der Waals surface area (Å²) in [5.41, 5.74) is 0.135. The van der Waals surface area contributed by atoms with Crippen LogP contribution in [0.25, 0.3) is 0 Å². The third-order valence-electron chi connectivity index (χ3n) is 4.83. The minimum atomic E-state index is -3.74. The SMILES string of the molecule is CCCCCOc1ccc(C(C)NC(=O)c2cc([N+](=O)[O-])cc(S(C)(=O)=O)c2)cc1OC. The molecular formula is C22H28N2O7S. The van der Waals surface area contributed by atoms with Gasteiger partial charge in [0, 0.05) is 24.0 Å². The fourth-order valence-corrected chi connectivity index (χ4v) is 3.68. The van der Waals surface area contributed by atoms with Gasteiger partial charge in [-0.15, -0.1) is 0 Å². The van der Waals surface area contributed by atoms with Crippen molar-refractivity contribution < 1.29 is 27.6 Å². The number of hydrogen-bond donors (Lipinski definition) is 1. The topological polar surface area (TPSA) is 125 Å². The van der Waals surface area contributed by atoms with Crippen LogP contribution < -0.4 is 14.8 Å². The molecule has 0 radical (unpaired) electrons. The van der Waals surface area contributed by atoms with Gasteiger partial charge in [0.05, 0.1) is 29.6 Å². The average molecular weight is 465 g/mol. The van der Waals surface area contributed by atoms with Gasteiger partial charge in [-0.1, -0.05) is 25.8 Å². The number of benzene rings is 2. The highest BCUT2D eigenvalue weighted by atomic mass is 32.2. The molecule has 2 aromatic rings. The second-order valence-corrected chi connectivity index (χ2v) is 9.42. The monoisotopic (exact) mass is 464 g/mol. The summed E-state index contributed by atoms with van der Waals surface area (Å²) in [4.78, 5) is 22.9. The lowest BCUT2D eigenvalue weighted by Crippen LogP contribution is -2.27. The summed E-state index contributed by atoms with van der Waals surface area (Å²) in [6.07, 6.45) is 4.02. The van der Waals surface area contributed by atoms with Crippen molar-refractivity contribution in [1.29, 1.82) is 0 Å². The van der Waals surface area contributed by atoms with Crippen LogP contribution in [-0.4, -0.2) is 39.2 Å². The fraction of sp³-hybridized carbons (Fsp3) is 0.409. The molecule has 0 aliphatic carbocycles. The van der Waals surface area contributed by atoms with E-state index in [4.69, 9.17) is 9.47 Å². The third kappa shape index (κ3) is 6.68. The summed E-state index contributed by atoms with van der Waals surface area (Å²) in [6.45, 7) is 4.43. The lowest BCUT2D eigenvalue weighted by atomic mass is 10.1. The Bertz CT molecular complexity index is 1080. The molecule has 174 valence electrons. The Balaban J connectivity index is 2.22. The Hall–Kier alpha value is -3.14. The quantitative estimate of drug-likeness (QED) is 0.302. The van der Waals surface area contributed by atoms with Gasteiger partial charge < -0.3 is 14.8 Å². The molecule has 0 aliphatic rings. The van der Waals surface area contributed by atoms with E-state index in [0.29, 0.717) is 18.1 Å². The summed E-state index contributed by atoms with van der Waals surface area (Å²) in [5.74, 6) is 0.488. The Morgan fingerprint density at radius 1 is 1.16 bits per heavy atom. The van der Waals surface area contributed by atoms with Gasteiger partial charge >= 0.3 is 0 Å². The molecule has 0 aliphatic heterocycles. The standard InChI is InChI=1S/C22H28N2O7S/c1-5-6-7-10-31-20-9-8-16(13-21(20)30-3)15(2)23-22(25)17-11-18(24(26)27)14-19(12-17)32(4,28)29/h8-9,11-15H,5-7,10H2,1-4H3,(H,23,25). The molecule has 0 fully saturated rings. The maximum Gasteiger partial charge on any atom is 0.271 e. The van der Waals surface area contributed by atoms with Crippen LogP contribution in [0.4, 0.5) is 5.69 Å². The van der Waals surface area contributed by atoms with Gasteiger partial charge in [-0.3, -0.25) is 14.9 Å². The third-order valence-corrected chi connectivity index (χ3v) is 5.93. The molecule has 1 N–H and O–H groups in total. The Labute approximate surface area is 187 Å². The number of nitro benzene ring substituents is 1. The van der Waals surface area contributed by atoms with Crippen LogP contribution in [0.2, 0.25) is 0 Å². The van der Waals surface area contributed by atoms with Gasteiger partial charge in [-0.2, -0.15) is 0 Å². The lowest BCUT2D eigenvalue weighted by molar-refractivity contribution is -0.385. The minimum absolute atomic E-state index is 0.116. The van der Waals surface area contributed by atoms with Crippen molar-refractivity contribution in [2.24, 2.45) is 0 Å². The molecular weight excluding hydrogens is 436 g/mol. The summed E-state index contributed by atoms with van der Waals surface area (Å²) in [6, 6.07) is 7.92. The Morgan fingerprint density at radius 3 is 2.47 bits per heavy atom. The van der Waals surface area contributed by atoms with E-state index in [0.717, 1.165) is 49.3 Å². The number of ether oxygens (including phenoxy) is 2. The molecule has 0 spiro atoms. The minimum Gasteiger partial charge on any atom is -0.493 e. The second kappa shape index (κ2) is 10.9. The molecule has 0 bridgehead atoms. The molecule has 2 aromatic carbocycles. The highest BCUT2D eigenvalue weighted by Gasteiger charge is 2.21. The molecule has 1 amide bonds. The van der Waals surface area contributed by atoms with Gasteiger partial charge in [0.1, 0.15) is 0 Å². The summed E-state index contributed by atoms with van der Waals surface area (Å²) >= 11 is 0. The molecule has 1 atom stereocenters. The molecule has 0 heterocycles. The normalized spacial score (nSPS) is 12.1. The average Bonchev–Trinajstić information content (AvgIpc) is 2.75. The first-order valence-electron chi connectivity index (χ1n) is 10.2. The second-order valence-electron chi connectivity index (χ2n) is 7.41. The number of carbonyl (C=O) groups excluding carboxylic acids is 1. The molecule has 10 heteroatoms. The number of nitrogens with zero attached hydrogens (tertiary/aromatic N) is 1. The van der Waals surface area contributed by atoms with Crippen LogP contribution in [0.1, 0.15) is 55.1 Å². The Morgan fingerprint density at radius 2 is 1.88 bits per heavy atom. The zero-order chi connectivity index (χ0) is 23.9. The van der Waals surface area contributed by atoms with Crippen LogP contribution in [-0.2, 0) is 9.84 Å². The number of nitrogens with one attached hydrogen (secondary N) is 1. The van der Waals surface area contributed by atoms with Crippen molar-refractivity contribution in [3.63, 3.8) is 0 Å². The van der Waals surface area contributed by atoms with Gasteiger partial charge in [-0.25, -0.2) is 8.42 Å². The smallest absolute Gasteiger partial charge is 0.271 e. The number of methoxy groups -OCH3 is 1. The van der Waals surface area contributed by atoms with E-state index >= 15 is 0 Å². The molecule has 9 nitrogen and oxygen atoms in total. The number of carbonyl (C=O) groups is 1. The van der Waals surface area contributed by atoms with E-state index in [1.165, 1.54) is 7.11 Å². The first kappa shape index (κ1) is 25.1. The van der Waals surface area contributed by atoms with Gasteiger partial charge in [0.2, 0.25) is 0 Å². The fourth-order valence-electron chi connectivity index (χ4n) is 3.00. The first-order chi connectivity index (χ1) is 15.1. The molecule has 1 unspecified atom stereocenters. The van der Waals surface area contributed by atoms with Crippen LogP contribution >= 0.6 is 0 Å². The summed E-state index contributed by atoms with van der Waals surface area (Å²) < 4.78 is 34.9. The van der Waals surface area contributed by atoms with Crippen LogP contribution in [0.3, 0.4) is 0 Å². The lowest BCUT2D eigenvalue weighted by Gasteiger charge is -2.17. The Kier molecular flexibility index (Phi) is 8.59. The molecule has 0 saturated heterocycles. The number of non-ortho nitro benzene ring substituents is 1. The van der Waals surface area contributed by atoms with Crippen molar-refractivity contribution >= 4 is 21.4 Å². The van der Waals surface area contributed by atoms with Crippen molar-refractivity contribution in [3.8, 4) is 11.5 Å².